The van der Waals surface area contributed by atoms with E-state index in [2.05, 4.69) is 0 Å². The van der Waals surface area contributed by atoms with Gasteiger partial charge in [-0.15, -0.1) is 0 Å². The minimum atomic E-state index is 0. The van der Waals surface area contributed by atoms with Crippen LogP contribution in [0.15, 0.2) is 97.1 Å². The molecule has 0 fully saturated rings. The maximum atomic E-state index is 4.95. The van der Waals surface area contributed by atoms with Crippen molar-refractivity contribution in [1.82, 2.24) is 39.9 Å². The van der Waals surface area contributed by atoms with E-state index in [9.17, 15) is 0 Å². The Bertz CT molecular complexity index is 2030. The number of fused-ring (bicyclic) bond motifs is 20. The molecule has 41 heavy (non-hydrogen) atoms. The molecule has 3 aromatic heterocycles. The third-order valence-electron chi connectivity index (χ3n) is 7.33. The van der Waals surface area contributed by atoms with Gasteiger partial charge in [0.1, 0.15) is 0 Å². The molecular weight excluding hydrogens is 609 g/mol. The van der Waals surface area contributed by atoms with Crippen LogP contribution >= 0.6 is 0 Å². The molecule has 7 aromatic rings. The molecule has 2 aliphatic heterocycles. The second kappa shape index (κ2) is 9.10. The van der Waals surface area contributed by atoms with Crippen molar-refractivity contribution in [3.63, 3.8) is 0 Å². The molecule has 0 saturated heterocycles. The molecule has 0 atom stereocenters. The number of hydrogen-bond acceptors (Lipinski definition) is 6. The molecule has 5 heterocycles. The van der Waals surface area contributed by atoms with Crippen molar-refractivity contribution in [1.29, 1.82) is 0 Å². The Kier molecular flexibility index (Phi) is 5.33. The van der Waals surface area contributed by atoms with Crippen LogP contribution in [-0.2, 0) is 27.3 Å². The van der Waals surface area contributed by atoms with Crippen molar-refractivity contribution in [3.05, 3.63) is 97.1 Å². The minimum Gasteiger partial charge on any atom is -0.357 e. The van der Waals surface area contributed by atoms with E-state index in [0.717, 1.165) is 43.8 Å². The zero-order chi connectivity index (χ0) is 26.2. The fraction of sp³-hybridized carbons (Fsp3) is 0. The van der Waals surface area contributed by atoms with Gasteiger partial charge in [0, 0.05) is 44.8 Å². The predicted molar refractivity (Wildman–Crippen MR) is 154 cm³/mol. The number of nitrogens with zero attached hydrogens (tertiary/aromatic N) is 8. The summed E-state index contributed by atoms with van der Waals surface area (Å²) in [5, 5.41) is 3.57. The number of benzene rings is 4. The Balaban J connectivity index is 0.00000256. The molecule has 0 amide bonds. The standard InChI is InChI=1S/C32H16N8.Cd/c1-2-10-18-17(9-1)25-33-26(18)38-28-21-13-5-6-14-22(21)30(35-28)40-32-24-16-8-7-15-23(24)31(36-32)39-29-20-12-4-3-11-19(20)27(34-29)37-25;/h1-16H;/q-2;+2. The summed E-state index contributed by atoms with van der Waals surface area (Å²) in [6.45, 7) is 0. The Morgan fingerprint density at radius 3 is 0.829 bits per heavy atom. The molecule has 2 aliphatic rings. The normalized spacial score (nSPS) is 11.7. The van der Waals surface area contributed by atoms with Crippen LogP contribution in [0.25, 0.3) is 89.7 Å². The maximum absolute atomic E-state index is 4.95. The summed E-state index contributed by atoms with van der Waals surface area (Å²) in [4.78, 5) is 39.3. The minimum absolute atomic E-state index is 0. The quantitative estimate of drug-likeness (QED) is 0.186. The van der Waals surface area contributed by atoms with E-state index in [1.807, 2.05) is 97.1 Å². The monoisotopic (exact) mass is 626 g/mol. The molecular formula is C32H16CdN8. The molecule has 4 aromatic carbocycles. The van der Waals surface area contributed by atoms with Gasteiger partial charge in [0.2, 0.25) is 0 Å². The third kappa shape index (κ3) is 3.63. The van der Waals surface area contributed by atoms with Crippen molar-refractivity contribution < 1.29 is 27.3 Å². The van der Waals surface area contributed by atoms with E-state index in [4.69, 9.17) is 39.9 Å². The molecule has 0 saturated carbocycles. The molecule has 9 rings (SSSR count). The van der Waals surface area contributed by atoms with Crippen LogP contribution in [0.1, 0.15) is 0 Å². The third-order valence-corrected chi connectivity index (χ3v) is 7.33. The number of rotatable bonds is 0. The first kappa shape index (κ1) is 24.0. The van der Waals surface area contributed by atoms with E-state index >= 15 is 0 Å². The first-order valence-corrected chi connectivity index (χ1v) is 12.9. The SMILES string of the molecule is [Cd+2].c1ccc2c(c1)-c1nc-2nc2[n-]c(nc3nc(nc4[n-]c(n1)c1ccccc41)-c1ccccc1-3)c1ccccc21. The van der Waals surface area contributed by atoms with Crippen molar-refractivity contribution >= 4 is 44.1 Å². The van der Waals surface area contributed by atoms with Crippen molar-refractivity contribution in [3.8, 4) is 45.6 Å². The summed E-state index contributed by atoms with van der Waals surface area (Å²) in [5.74, 6) is 2.21. The van der Waals surface area contributed by atoms with Crippen LogP contribution in [0.2, 0.25) is 0 Å². The second-order valence-electron chi connectivity index (χ2n) is 9.67. The van der Waals surface area contributed by atoms with E-state index < -0.39 is 0 Å². The second-order valence-corrected chi connectivity index (χ2v) is 9.67. The predicted octanol–water partition coefficient (Wildman–Crippen LogP) is 6.12. The van der Waals surface area contributed by atoms with Crippen LogP contribution in [0.5, 0.6) is 0 Å². The summed E-state index contributed by atoms with van der Waals surface area (Å²) in [6, 6.07) is 31.8. The Labute approximate surface area is 252 Å². The fourth-order valence-corrected chi connectivity index (χ4v) is 5.46. The van der Waals surface area contributed by atoms with Gasteiger partial charge in [-0.3, -0.25) is 0 Å². The summed E-state index contributed by atoms with van der Waals surface area (Å²) >= 11 is 0. The number of hydrogen-bond donors (Lipinski definition) is 0. The molecule has 9 heteroatoms. The Morgan fingerprint density at radius 2 is 0.561 bits per heavy atom. The smallest absolute Gasteiger partial charge is 0.357 e. The number of aromatic nitrogens is 8. The van der Waals surface area contributed by atoms with Crippen LogP contribution in [0.3, 0.4) is 0 Å². The van der Waals surface area contributed by atoms with Gasteiger partial charge in [0.05, 0.1) is 23.3 Å². The summed E-state index contributed by atoms with van der Waals surface area (Å²) < 4.78 is 0. The van der Waals surface area contributed by atoms with Gasteiger partial charge >= 0.3 is 27.3 Å². The molecule has 0 N–H and O–H groups in total. The molecule has 8 bridgehead atoms. The average molecular weight is 625 g/mol. The average Bonchev–Trinajstić information content (AvgIpc) is 3.73. The molecule has 0 spiro atoms. The fourth-order valence-electron chi connectivity index (χ4n) is 5.46. The van der Waals surface area contributed by atoms with Gasteiger partial charge in [-0.1, -0.05) is 97.1 Å². The first-order valence-electron chi connectivity index (χ1n) is 12.9. The van der Waals surface area contributed by atoms with Crippen molar-refractivity contribution in [2.24, 2.45) is 0 Å². The Hall–Kier alpha value is -4.84. The van der Waals surface area contributed by atoms with Gasteiger partial charge in [-0.05, 0) is 21.5 Å². The van der Waals surface area contributed by atoms with Crippen molar-refractivity contribution in [2.45, 2.75) is 0 Å². The molecule has 0 radical (unpaired) electrons. The Morgan fingerprint density at radius 1 is 0.317 bits per heavy atom. The van der Waals surface area contributed by atoms with Crippen molar-refractivity contribution in [2.75, 3.05) is 0 Å². The van der Waals surface area contributed by atoms with E-state index in [1.54, 1.807) is 0 Å². The molecule has 186 valence electrons. The van der Waals surface area contributed by atoms with Gasteiger partial charge in [0.25, 0.3) is 0 Å². The van der Waals surface area contributed by atoms with E-state index in [-0.39, 0.29) is 27.3 Å². The van der Waals surface area contributed by atoms with E-state index in [0.29, 0.717) is 45.9 Å². The van der Waals surface area contributed by atoms with Gasteiger partial charge in [-0.2, -0.15) is 0 Å². The molecule has 0 unspecified atom stereocenters. The van der Waals surface area contributed by atoms with Crippen LogP contribution in [0, 0.1) is 0 Å². The van der Waals surface area contributed by atoms with Gasteiger partial charge in [0.15, 0.2) is 0 Å². The van der Waals surface area contributed by atoms with Crippen LogP contribution < -0.4 is 9.97 Å². The first-order chi connectivity index (χ1) is 19.8. The zero-order valence-corrected chi connectivity index (χ0v) is 25.6. The molecule has 8 nitrogen and oxygen atoms in total. The van der Waals surface area contributed by atoms with Gasteiger partial charge in [-0.25, -0.2) is 9.97 Å². The van der Waals surface area contributed by atoms with E-state index in [1.165, 1.54) is 0 Å². The largest absolute Gasteiger partial charge is 2.00 e. The zero-order valence-electron chi connectivity index (χ0n) is 21.5. The van der Waals surface area contributed by atoms with Gasteiger partial charge < -0.3 is 29.9 Å². The summed E-state index contributed by atoms with van der Waals surface area (Å²) in [6.07, 6.45) is 0. The summed E-state index contributed by atoms with van der Waals surface area (Å²) in [5.41, 5.74) is 5.78. The van der Waals surface area contributed by atoms with Crippen LogP contribution in [0.4, 0.5) is 0 Å². The topological polar surface area (TPSA) is 106 Å². The maximum Gasteiger partial charge on any atom is 2.00 e. The summed E-state index contributed by atoms with van der Waals surface area (Å²) in [7, 11) is 0. The molecule has 0 aliphatic carbocycles. The van der Waals surface area contributed by atoms with Crippen LogP contribution in [-0.4, -0.2) is 29.9 Å².